The highest BCUT2D eigenvalue weighted by molar-refractivity contribution is 6.05. The number of carbonyl (C=O) groups excluding carboxylic acids is 1. The summed E-state index contributed by atoms with van der Waals surface area (Å²) in [4.78, 5) is 20.9. The molecule has 2 heterocycles. The average molecular weight is 307 g/mol. The minimum Gasteiger partial charge on any atom is -0.466 e. The summed E-state index contributed by atoms with van der Waals surface area (Å²) < 4.78 is 5.40. The Bertz CT molecular complexity index is 868. The molecule has 3 rings (SSSR count). The highest BCUT2D eigenvalue weighted by Gasteiger charge is 2.14. The summed E-state index contributed by atoms with van der Waals surface area (Å²) in [7, 11) is 0. The second-order valence-electron chi connectivity index (χ2n) is 5.35. The molecule has 0 atom stereocenters. The minimum atomic E-state index is -0.185. The van der Waals surface area contributed by atoms with Crippen LogP contribution in [0.3, 0.4) is 0 Å². The fourth-order valence-corrected chi connectivity index (χ4v) is 2.43. The SMILES string of the molecule is Cc1nccc(-c2cccc(NC(=O)c3cc(C)oc3C)c2)n1. The zero-order valence-corrected chi connectivity index (χ0v) is 13.3. The van der Waals surface area contributed by atoms with E-state index in [0.29, 0.717) is 22.8 Å². The molecule has 116 valence electrons. The smallest absolute Gasteiger partial charge is 0.259 e. The second kappa shape index (κ2) is 6.04. The fraction of sp³-hybridized carbons (Fsp3) is 0.167. The average Bonchev–Trinajstić information content (AvgIpc) is 2.86. The summed E-state index contributed by atoms with van der Waals surface area (Å²) in [5.74, 6) is 1.86. The lowest BCUT2D eigenvalue weighted by molar-refractivity contribution is 0.102. The van der Waals surface area contributed by atoms with Crippen molar-refractivity contribution in [2.75, 3.05) is 5.32 Å². The maximum absolute atomic E-state index is 12.4. The van der Waals surface area contributed by atoms with Crippen LogP contribution in [-0.2, 0) is 0 Å². The highest BCUT2D eigenvalue weighted by atomic mass is 16.3. The summed E-state index contributed by atoms with van der Waals surface area (Å²) in [6, 6.07) is 11.2. The van der Waals surface area contributed by atoms with Crippen molar-refractivity contribution < 1.29 is 9.21 Å². The molecule has 0 unspecified atom stereocenters. The molecule has 0 spiro atoms. The van der Waals surface area contributed by atoms with Gasteiger partial charge >= 0.3 is 0 Å². The van der Waals surface area contributed by atoms with Gasteiger partial charge in [-0.15, -0.1) is 0 Å². The van der Waals surface area contributed by atoms with Crippen LogP contribution in [-0.4, -0.2) is 15.9 Å². The van der Waals surface area contributed by atoms with Crippen LogP contribution in [0.1, 0.15) is 27.7 Å². The number of nitrogens with zero attached hydrogens (tertiary/aromatic N) is 2. The summed E-state index contributed by atoms with van der Waals surface area (Å²) in [6.07, 6.45) is 1.72. The van der Waals surface area contributed by atoms with Gasteiger partial charge in [-0.3, -0.25) is 4.79 Å². The lowest BCUT2D eigenvalue weighted by Gasteiger charge is -2.07. The monoisotopic (exact) mass is 307 g/mol. The predicted octanol–water partition coefficient (Wildman–Crippen LogP) is 3.91. The third-order valence-electron chi connectivity index (χ3n) is 3.48. The largest absolute Gasteiger partial charge is 0.466 e. The van der Waals surface area contributed by atoms with Gasteiger partial charge in [-0.2, -0.15) is 0 Å². The first-order valence-corrected chi connectivity index (χ1v) is 7.31. The Morgan fingerprint density at radius 3 is 2.65 bits per heavy atom. The summed E-state index contributed by atoms with van der Waals surface area (Å²) in [6.45, 7) is 5.45. The molecule has 3 aromatic rings. The van der Waals surface area contributed by atoms with Gasteiger partial charge in [0.15, 0.2) is 0 Å². The van der Waals surface area contributed by atoms with Crippen LogP contribution in [0.5, 0.6) is 0 Å². The zero-order chi connectivity index (χ0) is 16.4. The topological polar surface area (TPSA) is 68.0 Å². The molecule has 0 saturated heterocycles. The van der Waals surface area contributed by atoms with Crippen LogP contribution in [0, 0.1) is 20.8 Å². The molecule has 0 bridgehead atoms. The molecule has 5 heteroatoms. The molecule has 0 aliphatic rings. The Morgan fingerprint density at radius 2 is 1.96 bits per heavy atom. The highest BCUT2D eigenvalue weighted by Crippen LogP contribution is 2.22. The van der Waals surface area contributed by atoms with Crippen LogP contribution in [0.15, 0.2) is 47.0 Å². The van der Waals surface area contributed by atoms with Gasteiger partial charge in [-0.25, -0.2) is 9.97 Å². The second-order valence-corrected chi connectivity index (χ2v) is 5.35. The van der Waals surface area contributed by atoms with Gasteiger partial charge in [0, 0.05) is 17.4 Å². The van der Waals surface area contributed by atoms with Gasteiger partial charge in [-0.1, -0.05) is 12.1 Å². The molecule has 2 aromatic heterocycles. The molecule has 1 N–H and O–H groups in total. The molecule has 0 aliphatic heterocycles. The number of aryl methyl sites for hydroxylation is 3. The van der Waals surface area contributed by atoms with Crippen molar-refractivity contribution in [3.8, 4) is 11.3 Å². The van der Waals surface area contributed by atoms with E-state index in [1.54, 1.807) is 19.2 Å². The van der Waals surface area contributed by atoms with Crippen molar-refractivity contribution in [2.45, 2.75) is 20.8 Å². The number of nitrogens with one attached hydrogen (secondary N) is 1. The van der Waals surface area contributed by atoms with Crippen LogP contribution in [0.2, 0.25) is 0 Å². The van der Waals surface area contributed by atoms with E-state index in [1.165, 1.54) is 0 Å². The first kappa shape index (κ1) is 15.0. The number of amides is 1. The van der Waals surface area contributed by atoms with E-state index in [1.807, 2.05) is 44.2 Å². The summed E-state index contributed by atoms with van der Waals surface area (Å²) in [5.41, 5.74) is 3.00. The standard InChI is InChI=1S/C18H17N3O2/c1-11-9-16(12(2)23-11)18(22)21-15-6-4-5-14(10-15)17-7-8-19-13(3)20-17/h4-10H,1-3H3,(H,21,22). The first-order valence-electron chi connectivity index (χ1n) is 7.31. The molecule has 0 fully saturated rings. The number of anilines is 1. The Balaban J connectivity index is 1.86. The third kappa shape index (κ3) is 3.29. The predicted molar refractivity (Wildman–Crippen MR) is 88.3 cm³/mol. The Morgan fingerprint density at radius 1 is 1.13 bits per heavy atom. The molecular weight excluding hydrogens is 290 g/mol. The van der Waals surface area contributed by atoms with Crippen molar-refractivity contribution in [3.63, 3.8) is 0 Å². The number of furan rings is 1. The van der Waals surface area contributed by atoms with Crippen molar-refractivity contribution in [3.05, 3.63) is 65.5 Å². The normalized spacial score (nSPS) is 10.6. The Kier molecular flexibility index (Phi) is 3.93. The molecule has 0 saturated carbocycles. The number of carbonyl (C=O) groups is 1. The van der Waals surface area contributed by atoms with Crippen LogP contribution in [0.4, 0.5) is 5.69 Å². The molecule has 0 aliphatic carbocycles. The maximum Gasteiger partial charge on any atom is 0.259 e. The van der Waals surface area contributed by atoms with Crippen LogP contribution in [0.25, 0.3) is 11.3 Å². The van der Waals surface area contributed by atoms with Gasteiger partial charge < -0.3 is 9.73 Å². The number of hydrogen-bond donors (Lipinski definition) is 1. The summed E-state index contributed by atoms with van der Waals surface area (Å²) in [5, 5.41) is 2.89. The van der Waals surface area contributed by atoms with E-state index in [-0.39, 0.29) is 5.91 Å². The van der Waals surface area contributed by atoms with E-state index in [4.69, 9.17) is 4.42 Å². The number of benzene rings is 1. The van der Waals surface area contributed by atoms with Gasteiger partial charge in [-0.05, 0) is 45.0 Å². The van der Waals surface area contributed by atoms with Gasteiger partial charge in [0.2, 0.25) is 0 Å². The fourth-order valence-electron chi connectivity index (χ4n) is 2.43. The van der Waals surface area contributed by atoms with Crippen molar-refractivity contribution in [1.82, 2.24) is 9.97 Å². The van der Waals surface area contributed by atoms with Crippen molar-refractivity contribution >= 4 is 11.6 Å². The minimum absolute atomic E-state index is 0.185. The van der Waals surface area contributed by atoms with E-state index >= 15 is 0 Å². The van der Waals surface area contributed by atoms with Crippen LogP contribution >= 0.6 is 0 Å². The maximum atomic E-state index is 12.4. The quantitative estimate of drug-likeness (QED) is 0.796. The lowest BCUT2D eigenvalue weighted by Crippen LogP contribution is -2.12. The molecule has 0 radical (unpaired) electrons. The van der Waals surface area contributed by atoms with E-state index in [9.17, 15) is 4.79 Å². The molecule has 1 amide bonds. The zero-order valence-electron chi connectivity index (χ0n) is 13.3. The molecule has 1 aromatic carbocycles. The summed E-state index contributed by atoms with van der Waals surface area (Å²) >= 11 is 0. The molecule has 5 nitrogen and oxygen atoms in total. The molecule has 23 heavy (non-hydrogen) atoms. The number of rotatable bonds is 3. The van der Waals surface area contributed by atoms with Crippen molar-refractivity contribution in [2.24, 2.45) is 0 Å². The van der Waals surface area contributed by atoms with Gasteiger partial charge in [0.05, 0.1) is 11.3 Å². The Labute approximate surface area is 134 Å². The lowest BCUT2D eigenvalue weighted by atomic mass is 10.1. The number of aromatic nitrogens is 2. The van der Waals surface area contributed by atoms with E-state index in [0.717, 1.165) is 17.0 Å². The third-order valence-corrected chi connectivity index (χ3v) is 3.48. The van der Waals surface area contributed by atoms with E-state index < -0.39 is 0 Å². The van der Waals surface area contributed by atoms with E-state index in [2.05, 4.69) is 15.3 Å². The van der Waals surface area contributed by atoms with Crippen LogP contribution < -0.4 is 5.32 Å². The van der Waals surface area contributed by atoms with Gasteiger partial charge in [0.25, 0.3) is 5.91 Å². The van der Waals surface area contributed by atoms with Gasteiger partial charge in [0.1, 0.15) is 17.3 Å². The Hall–Kier alpha value is -2.95. The first-order chi connectivity index (χ1) is 11.0. The van der Waals surface area contributed by atoms with Crippen molar-refractivity contribution in [1.29, 1.82) is 0 Å². The number of hydrogen-bond acceptors (Lipinski definition) is 4. The molecular formula is C18H17N3O2.